The maximum atomic E-state index is 5.38. The van der Waals surface area contributed by atoms with Gasteiger partial charge in [0, 0.05) is 22.7 Å². The first-order chi connectivity index (χ1) is 7.78. The van der Waals surface area contributed by atoms with E-state index in [-0.39, 0.29) is 12.4 Å². The van der Waals surface area contributed by atoms with Crippen LogP contribution in [-0.2, 0) is 6.54 Å². The van der Waals surface area contributed by atoms with E-state index in [4.69, 9.17) is 14.2 Å². The molecule has 0 radical (unpaired) electrons. The molecular weight excluding hydrogens is 258 g/mol. The van der Waals surface area contributed by atoms with Crippen molar-refractivity contribution >= 4 is 10.2 Å². The smallest absolute Gasteiger partial charge is 0.415 e. The summed E-state index contributed by atoms with van der Waals surface area (Å²) in [6.07, 6.45) is 3.14. The van der Waals surface area contributed by atoms with Crippen LogP contribution in [0.15, 0.2) is 12.3 Å². The van der Waals surface area contributed by atoms with Crippen molar-refractivity contribution in [2.75, 3.05) is 21.3 Å². The number of rotatable bonds is 6. The molecule has 6 heteroatoms. The van der Waals surface area contributed by atoms with Gasteiger partial charge < -0.3 is 26.6 Å². The van der Waals surface area contributed by atoms with Crippen molar-refractivity contribution in [3.8, 4) is 17.4 Å². The highest BCUT2D eigenvalue weighted by atomic mass is 35.5. The maximum absolute atomic E-state index is 5.38. The minimum atomic E-state index is 0. The highest BCUT2D eigenvalue weighted by molar-refractivity contribution is 6.08. The first-order valence-electron chi connectivity index (χ1n) is 5.46. The molecule has 0 fully saturated rings. The van der Waals surface area contributed by atoms with Crippen molar-refractivity contribution in [3.63, 3.8) is 0 Å². The van der Waals surface area contributed by atoms with Gasteiger partial charge in [0.15, 0.2) is 18.5 Å². The fourth-order valence-electron chi connectivity index (χ4n) is 1.60. The van der Waals surface area contributed by atoms with Crippen LogP contribution < -0.4 is 31.2 Å². The molecule has 98 valence electrons. The highest BCUT2D eigenvalue weighted by Crippen LogP contribution is 2.33. The zero-order valence-corrected chi connectivity index (χ0v) is 13.6. The summed E-state index contributed by atoms with van der Waals surface area (Å²) in [6.45, 7) is 0.951. The number of methoxy groups -OCH3 is 3. The van der Waals surface area contributed by atoms with Crippen LogP contribution in [0.25, 0.3) is 0 Å². The number of hydrogen-bond acceptors (Lipinski definition) is 3. The average Bonchev–Trinajstić information content (AvgIpc) is 2.34. The molecule has 1 aromatic heterocycles. The van der Waals surface area contributed by atoms with Gasteiger partial charge in [-0.3, -0.25) is 0 Å². The lowest BCUT2D eigenvalue weighted by Crippen LogP contribution is -3.00. The van der Waals surface area contributed by atoms with Crippen molar-refractivity contribution in [1.29, 1.82) is 0 Å². The summed E-state index contributed by atoms with van der Waals surface area (Å²) in [6, 6.07) is 3.18. The quantitative estimate of drug-likeness (QED) is 0.415. The molecule has 0 saturated carbocycles. The summed E-state index contributed by atoms with van der Waals surface area (Å²) in [4.78, 5) is 0. The summed E-state index contributed by atoms with van der Waals surface area (Å²) < 4.78 is 18.0. The Labute approximate surface area is 112 Å². The second-order valence-corrected chi connectivity index (χ2v) is 4.47. The molecule has 1 heterocycles. The predicted octanol–water partition coefficient (Wildman–Crippen LogP) is -2.82. The fraction of sp³-hybridized carbons (Fsp3) is 0.545. The largest absolute Gasteiger partial charge is 1.00 e. The number of pyridine rings is 1. The second kappa shape index (κ2) is 8.19. The molecule has 0 spiro atoms. The SMILES string of the molecule is COc1cc[n+](CCC[SiH3])c(OC)c1OC.[Cl-]. The van der Waals surface area contributed by atoms with Crippen molar-refractivity contribution in [2.45, 2.75) is 19.0 Å². The summed E-state index contributed by atoms with van der Waals surface area (Å²) >= 11 is 0. The molecule has 0 saturated heterocycles. The molecule has 4 nitrogen and oxygen atoms in total. The van der Waals surface area contributed by atoms with Crippen molar-refractivity contribution < 1.29 is 31.2 Å². The standard InChI is InChI=1S/C11H20NO3Si.ClH/c1-13-9-5-7-12(6-4-8-16)11(15-3)10(9)14-2;/h5,7H,4,6,8H2,1-3,16H3;1H/q+1;/p-1. The Bertz CT molecular complexity index is 350. The first kappa shape index (κ1) is 16.1. The summed E-state index contributed by atoms with van der Waals surface area (Å²) in [5.41, 5.74) is 0. The Hall–Kier alpha value is -0.943. The molecule has 0 N–H and O–H groups in total. The van der Waals surface area contributed by atoms with E-state index in [0.717, 1.165) is 12.4 Å². The van der Waals surface area contributed by atoms with Gasteiger partial charge in [-0.1, -0.05) is 6.04 Å². The van der Waals surface area contributed by atoms with Crippen LogP contribution in [-0.4, -0.2) is 31.6 Å². The third-order valence-corrected chi connectivity index (χ3v) is 3.16. The Kier molecular flexibility index (Phi) is 7.74. The topological polar surface area (TPSA) is 31.6 Å². The van der Waals surface area contributed by atoms with E-state index in [2.05, 4.69) is 4.57 Å². The van der Waals surface area contributed by atoms with Crippen LogP contribution in [0.2, 0.25) is 6.04 Å². The van der Waals surface area contributed by atoms with Gasteiger partial charge >= 0.3 is 5.88 Å². The molecule has 0 unspecified atom stereocenters. The van der Waals surface area contributed by atoms with E-state index in [0.29, 0.717) is 11.5 Å². The van der Waals surface area contributed by atoms with Gasteiger partial charge in [0.2, 0.25) is 0 Å². The number of aromatic nitrogens is 1. The van der Waals surface area contributed by atoms with Gasteiger partial charge in [0.25, 0.3) is 5.75 Å². The van der Waals surface area contributed by atoms with E-state index in [1.807, 2.05) is 12.3 Å². The summed E-state index contributed by atoms with van der Waals surface area (Å²) in [7, 11) is 6.13. The minimum Gasteiger partial charge on any atom is -1.00 e. The monoisotopic (exact) mass is 277 g/mol. The van der Waals surface area contributed by atoms with E-state index >= 15 is 0 Å². The predicted molar refractivity (Wildman–Crippen MR) is 65.7 cm³/mol. The third kappa shape index (κ3) is 3.78. The molecule has 1 aromatic rings. The van der Waals surface area contributed by atoms with Crippen LogP contribution >= 0.6 is 0 Å². The molecule has 0 bridgehead atoms. The van der Waals surface area contributed by atoms with Crippen LogP contribution in [0.4, 0.5) is 0 Å². The van der Waals surface area contributed by atoms with Crippen LogP contribution in [0.5, 0.6) is 17.4 Å². The van der Waals surface area contributed by atoms with Gasteiger partial charge in [0.1, 0.15) is 0 Å². The zero-order valence-electron chi connectivity index (χ0n) is 10.8. The molecule has 0 aliphatic carbocycles. The van der Waals surface area contributed by atoms with Crippen LogP contribution in [0, 0.1) is 0 Å². The zero-order chi connectivity index (χ0) is 12.0. The molecule has 0 aromatic carbocycles. The van der Waals surface area contributed by atoms with E-state index in [1.165, 1.54) is 22.7 Å². The highest BCUT2D eigenvalue weighted by Gasteiger charge is 2.22. The van der Waals surface area contributed by atoms with E-state index < -0.39 is 0 Å². The van der Waals surface area contributed by atoms with Gasteiger partial charge in [-0.15, -0.1) is 0 Å². The Morgan fingerprint density at radius 2 is 1.88 bits per heavy atom. The Balaban J connectivity index is 0.00000256. The molecular formula is C11H20ClNO3Si. The molecule has 17 heavy (non-hydrogen) atoms. The molecule has 0 amide bonds. The number of halogens is 1. The number of hydrogen-bond donors (Lipinski definition) is 0. The number of aryl methyl sites for hydroxylation is 1. The van der Waals surface area contributed by atoms with Crippen molar-refractivity contribution in [3.05, 3.63) is 12.3 Å². The average molecular weight is 278 g/mol. The lowest BCUT2D eigenvalue weighted by atomic mass is 10.3. The maximum Gasteiger partial charge on any atom is 0.415 e. The Morgan fingerprint density at radius 3 is 2.35 bits per heavy atom. The molecule has 0 aliphatic heterocycles. The minimum absolute atomic E-state index is 0. The number of ether oxygens (including phenoxy) is 3. The van der Waals surface area contributed by atoms with Crippen molar-refractivity contribution in [1.82, 2.24) is 0 Å². The lowest BCUT2D eigenvalue weighted by molar-refractivity contribution is -0.701. The van der Waals surface area contributed by atoms with Gasteiger partial charge in [-0.25, -0.2) is 0 Å². The van der Waals surface area contributed by atoms with Gasteiger partial charge in [0.05, 0.1) is 21.3 Å². The van der Waals surface area contributed by atoms with Gasteiger partial charge in [-0.05, 0) is 0 Å². The van der Waals surface area contributed by atoms with Gasteiger partial charge in [-0.2, -0.15) is 4.57 Å². The van der Waals surface area contributed by atoms with Crippen LogP contribution in [0.1, 0.15) is 6.42 Å². The van der Waals surface area contributed by atoms with Crippen molar-refractivity contribution in [2.24, 2.45) is 0 Å². The summed E-state index contributed by atoms with van der Waals surface area (Å²) in [5.74, 6) is 2.07. The molecule has 0 aliphatic rings. The van der Waals surface area contributed by atoms with E-state index in [1.54, 1.807) is 21.3 Å². The third-order valence-electron chi connectivity index (χ3n) is 2.45. The van der Waals surface area contributed by atoms with Crippen LogP contribution in [0.3, 0.4) is 0 Å². The number of nitrogens with zero attached hydrogens (tertiary/aromatic N) is 1. The normalized spacial score (nSPS) is 9.59. The first-order valence-corrected chi connectivity index (χ1v) is 6.88. The molecule has 1 rings (SSSR count). The summed E-state index contributed by atoms with van der Waals surface area (Å²) in [5, 5.41) is 0. The Morgan fingerprint density at radius 1 is 1.18 bits per heavy atom. The van der Waals surface area contributed by atoms with E-state index in [9.17, 15) is 0 Å². The fourth-order valence-corrected chi connectivity index (χ4v) is 1.92. The second-order valence-electron chi connectivity index (χ2n) is 3.47. The lowest BCUT2D eigenvalue weighted by Gasteiger charge is -2.10. The molecule has 0 atom stereocenters.